The van der Waals surface area contributed by atoms with Crippen LogP contribution in [-0.4, -0.2) is 0 Å². The van der Waals surface area contributed by atoms with Crippen LogP contribution in [0.2, 0.25) is 0 Å². The van der Waals surface area contributed by atoms with Gasteiger partial charge >= 0.3 is 0 Å². The second-order valence-electron chi connectivity index (χ2n) is 3.69. The van der Waals surface area contributed by atoms with Crippen LogP contribution in [0, 0.1) is 5.92 Å². The highest BCUT2D eigenvalue weighted by molar-refractivity contribution is 5.28. The molecule has 0 aliphatic heterocycles. The highest BCUT2D eigenvalue weighted by Crippen LogP contribution is 2.46. The van der Waals surface area contributed by atoms with Gasteiger partial charge in [-0.15, -0.1) is 0 Å². The SMILES string of the molecule is CC1CC1c1ccc(CF)cc1. The molecule has 12 heavy (non-hydrogen) atoms. The second-order valence-corrected chi connectivity index (χ2v) is 3.69. The van der Waals surface area contributed by atoms with Gasteiger partial charge in [0.15, 0.2) is 0 Å². The Bertz CT molecular complexity index is 263. The molecule has 0 radical (unpaired) electrons. The molecule has 0 bridgehead atoms. The zero-order chi connectivity index (χ0) is 8.55. The molecule has 2 rings (SSSR count). The van der Waals surface area contributed by atoms with Gasteiger partial charge in [-0.05, 0) is 29.4 Å². The minimum absolute atomic E-state index is 0.347. The Morgan fingerprint density at radius 1 is 1.33 bits per heavy atom. The van der Waals surface area contributed by atoms with E-state index in [0.717, 1.165) is 17.4 Å². The topological polar surface area (TPSA) is 0 Å². The molecule has 2 atom stereocenters. The van der Waals surface area contributed by atoms with Crippen LogP contribution in [0.5, 0.6) is 0 Å². The minimum Gasteiger partial charge on any atom is -0.246 e. The highest BCUT2D eigenvalue weighted by Gasteiger charge is 2.33. The van der Waals surface area contributed by atoms with E-state index in [1.54, 1.807) is 0 Å². The Hall–Kier alpha value is -0.850. The molecule has 1 fully saturated rings. The molecule has 1 heteroatoms. The zero-order valence-corrected chi connectivity index (χ0v) is 7.26. The van der Waals surface area contributed by atoms with Crippen molar-refractivity contribution < 1.29 is 4.39 Å². The average Bonchev–Trinajstić information content (AvgIpc) is 2.83. The quantitative estimate of drug-likeness (QED) is 0.629. The van der Waals surface area contributed by atoms with E-state index in [0.29, 0.717) is 0 Å². The van der Waals surface area contributed by atoms with Crippen LogP contribution in [0.1, 0.15) is 30.4 Å². The third-order valence-corrected chi connectivity index (χ3v) is 2.67. The number of hydrogen-bond acceptors (Lipinski definition) is 0. The number of hydrogen-bond donors (Lipinski definition) is 0. The van der Waals surface area contributed by atoms with Crippen molar-refractivity contribution >= 4 is 0 Å². The van der Waals surface area contributed by atoms with Gasteiger partial charge in [0.1, 0.15) is 6.67 Å². The molecule has 1 aromatic rings. The Labute approximate surface area is 72.4 Å². The van der Waals surface area contributed by atoms with E-state index in [1.807, 2.05) is 12.1 Å². The molecule has 0 heterocycles. The Kier molecular flexibility index (Phi) is 1.87. The lowest BCUT2D eigenvalue weighted by Gasteiger charge is -1.99. The predicted octanol–water partition coefficient (Wildman–Crippen LogP) is 3.28. The van der Waals surface area contributed by atoms with Gasteiger partial charge in [0.25, 0.3) is 0 Å². The van der Waals surface area contributed by atoms with Gasteiger partial charge in [-0.1, -0.05) is 31.2 Å². The molecule has 0 nitrogen and oxygen atoms in total. The monoisotopic (exact) mass is 164 g/mol. The highest BCUT2D eigenvalue weighted by atomic mass is 19.1. The molecule has 0 aromatic heterocycles. The summed E-state index contributed by atoms with van der Waals surface area (Å²) in [4.78, 5) is 0. The van der Waals surface area contributed by atoms with E-state index in [2.05, 4.69) is 19.1 Å². The lowest BCUT2D eigenvalue weighted by molar-refractivity contribution is 0.485. The smallest absolute Gasteiger partial charge is 0.115 e. The average molecular weight is 164 g/mol. The summed E-state index contributed by atoms with van der Waals surface area (Å²) in [7, 11) is 0. The van der Waals surface area contributed by atoms with Gasteiger partial charge < -0.3 is 0 Å². The van der Waals surface area contributed by atoms with Crippen LogP contribution < -0.4 is 0 Å². The summed E-state index contributed by atoms with van der Waals surface area (Å²) in [6.45, 7) is 1.91. The maximum Gasteiger partial charge on any atom is 0.115 e. The molecule has 1 aromatic carbocycles. The summed E-state index contributed by atoms with van der Waals surface area (Å²) in [5, 5.41) is 0. The third-order valence-electron chi connectivity index (χ3n) is 2.67. The van der Waals surface area contributed by atoms with Crippen LogP contribution in [-0.2, 0) is 6.67 Å². The van der Waals surface area contributed by atoms with E-state index in [4.69, 9.17) is 0 Å². The molecule has 0 saturated heterocycles. The van der Waals surface area contributed by atoms with Crippen LogP contribution in [0.25, 0.3) is 0 Å². The van der Waals surface area contributed by atoms with E-state index < -0.39 is 0 Å². The van der Waals surface area contributed by atoms with Gasteiger partial charge in [-0.3, -0.25) is 0 Å². The molecule has 0 N–H and O–H groups in total. The molecule has 0 amide bonds. The fourth-order valence-corrected chi connectivity index (χ4v) is 1.64. The van der Waals surface area contributed by atoms with Crippen molar-refractivity contribution in [1.82, 2.24) is 0 Å². The molecular weight excluding hydrogens is 151 g/mol. The fourth-order valence-electron chi connectivity index (χ4n) is 1.64. The summed E-state index contributed by atoms with van der Waals surface area (Å²) in [5.41, 5.74) is 2.16. The number of rotatable bonds is 2. The number of alkyl halides is 1. The molecule has 1 saturated carbocycles. The van der Waals surface area contributed by atoms with E-state index in [9.17, 15) is 4.39 Å². The molecule has 64 valence electrons. The Morgan fingerprint density at radius 2 is 1.92 bits per heavy atom. The third kappa shape index (κ3) is 1.36. The van der Waals surface area contributed by atoms with Crippen LogP contribution in [0.3, 0.4) is 0 Å². The van der Waals surface area contributed by atoms with Gasteiger partial charge in [-0.2, -0.15) is 0 Å². The Morgan fingerprint density at radius 3 is 2.33 bits per heavy atom. The largest absolute Gasteiger partial charge is 0.246 e. The van der Waals surface area contributed by atoms with E-state index in [1.165, 1.54) is 12.0 Å². The normalized spacial score (nSPS) is 27.2. The standard InChI is InChI=1S/C11H13F/c1-8-6-11(8)10-4-2-9(7-12)3-5-10/h2-5,8,11H,6-7H2,1H3. The molecular formula is C11H13F. The number of halogens is 1. The van der Waals surface area contributed by atoms with Crippen molar-refractivity contribution in [2.75, 3.05) is 0 Å². The first-order valence-corrected chi connectivity index (χ1v) is 4.46. The van der Waals surface area contributed by atoms with Crippen molar-refractivity contribution in [3.05, 3.63) is 35.4 Å². The first-order valence-electron chi connectivity index (χ1n) is 4.46. The van der Waals surface area contributed by atoms with E-state index in [-0.39, 0.29) is 6.67 Å². The molecule has 1 aliphatic rings. The number of benzene rings is 1. The van der Waals surface area contributed by atoms with Crippen LogP contribution >= 0.6 is 0 Å². The van der Waals surface area contributed by atoms with Crippen LogP contribution in [0.4, 0.5) is 4.39 Å². The predicted molar refractivity (Wildman–Crippen MR) is 47.8 cm³/mol. The van der Waals surface area contributed by atoms with Crippen molar-refractivity contribution in [2.45, 2.75) is 25.9 Å². The van der Waals surface area contributed by atoms with Crippen LogP contribution in [0.15, 0.2) is 24.3 Å². The van der Waals surface area contributed by atoms with Gasteiger partial charge in [0.05, 0.1) is 0 Å². The maximum atomic E-state index is 12.2. The van der Waals surface area contributed by atoms with E-state index >= 15 is 0 Å². The van der Waals surface area contributed by atoms with Crippen molar-refractivity contribution in [1.29, 1.82) is 0 Å². The zero-order valence-electron chi connectivity index (χ0n) is 7.26. The summed E-state index contributed by atoms with van der Waals surface area (Å²) in [5.74, 6) is 1.58. The van der Waals surface area contributed by atoms with Gasteiger partial charge in [-0.25, -0.2) is 4.39 Å². The minimum atomic E-state index is -0.347. The Balaban J connectivity index is 2.14. The lowest BCUT2D eigenvalue weighted by atomic mass is 10.1. The van der Waals surface area contributed by atoms with Crippen molar-refractivity contribution in [3.63, 3.8) is 0 Å². The summed E-state index contributed by atoms with van der Waals surface area (Å²) in [6, 6.07) is 7.90. The van der Waals surface area contributed by atoms with Gasteiger partial charge in [0.2, 0.25) is 0 Å². The first-order chi connectivity index (χ1) is 5.81. The van der Waals surface area contributed by atoms with Crippen molar-refractivity contribution in [2.24, 2.45) is 5.92 Å². The summed E-state index contributed by atoms with van der Waals surface area (Å²) < 4.78 is 12.2. The fraction of sp³-hybridized carbons (Fsp3) is 0.455. The lowest BCUT2D eigenvalue weighted by Crippen LogP contribution is -1.83. The second kappa shape index (κ2) is 2.89. The van der Waals surface area contributed by atoms with Crippen molar-refractivity contribution in [3.8, 4) is 0 Å². The maximum absolute atomic E-state index is 12.2. The molecule has 1 aliphatic carbocycles. The summed E-state index contributed by atoms with van der Waals surface area (Å²) >= 11 is 0. The first kappa shape index (κ1) is 7.78. The summed E-state index contributed by atoms with van der Waals surface area (Å²) in [6.07, 6.45) is 1.30. The molecule has 0 spiro atoms. The molecule has 2 unspecified atom stereocenters. The van der Waals surface area contributed by atoms with Gasteiger partial charge in [0, 0.05) is 0 Å².